The Balaban J connectivity index is 1.99. The third-order valence-electron chi connectivity index (χ3n) is 3.18. The molecule has 3 heteroatoms. The topological polar surface area (TPSA) is 41.6 Å². The van der Waals surface area contributed by atoms with E-state index >= 15 is 0 Å². The van der Waals surface area contributed by atoms with E-state index in [1.54, 1.807) is 0 Å². The summed E-state index contributed by atoms with van der Waals surface area (Å²) < 4.78 is 1.91. The maximum Gasteiger partial charge on any atom is 0.0991 e. The normalized spacial score (nSPS) is 14.6. The minimum absolute atomic E-state index is 0.676. The van der Waals surface area contributed by atoms with E-state index in [0.717, 1.165) is 11.3 Å². The quantitative estimate of drug-likeness (QED) is 0.785. The molecule has 1 heterocycles. The number of nitriles is 1. The highest BCUT2D eigenvalue weighted by molar-refractivity contribution is 5.45. The van der Waals surface area contributed by atoms with Gasteiger partial charge in [-0.05, 0) is 49.6 Å². The SMILES string of the molecule is Cc1cc(C#N)ccc1-n1ccc(C2CC2)n1. The summed E-state index contributed by atoms with van der Waals surface area (Å²) >= 11 is 0. The van der Waals surface area contributed by atoms with Crippen LogP contribution >= 0.6 is 0 Å². The maximum absolute atomic E-state index is 8.84. The van der Waals surface area contributed by atoms with Crippen molar-refractivity contribution in [1.82, 2.24) is 9.78 Å². The highest BCUT2D eigenvalue weighted by Crippen LogP contribution is 2.39. The molecule has 2 aromatic rings. The number of benzene rings is 1. The zero-order valence-corrected chi connectivity index (χ0v) is 9.72. The van der Waals surface area contributed by atoms with Crippen LogP contribution in [-0.4, -0.2) is 9.78 Å². The summed E-state index contributed by atoms with van der Waals surface area (Å²) in [4.78, 5) is 0. The molecule has 1 aromatic heterocycles. The highest BCUT2D eigenvalue weighted by Gasteiger charge is 2.25. The molecule has 17 heavy (non-hydrogen) atoms. The average Bonchev–Trinajstić information content (AvgIpc) is 3.08. The zero-order valence-electron chi connectivity index (χ0n) is 9.72. The first-order valence-electron chi connectivity index (χ1n) is 5.84. The molecule has 0 aliphatic heterocycles. The Morgan fingerprint density at radius 1 is 1.35 bits per heavy atom. The molecular formula is C14H13N3. The first-order chi connectivity index (χ1) is 8.28. The van der Waals surface area contributed by atoms with Gasteiger partial charge in [0.1, 0.15) is 0 Å². The van der Waals surface area contributed by atoms with Crippen LogP contribution in [0.4, 0.5) is 0 Å². The molecule has 0 N–H and O–H groups in total. The fourth-order valence-corrected chi connectivity index (χ4v) is 2.05. The van der Waals surface area contributed by atoms with Crippen LogP contribution in [0.15, 0.2) is 30.5 Å². The average molecular weight is 223 g/mol. The van der Waals surface area contributed by atoms with Crippen LogP contribution in [0.3, 0.4) is 0 Å². The fraction of sp³-hybridized carbons (Fsp3) is 0.286. The smallest absolute Gasteiger partial charge is 0.0991 e. The molecule has 0 spiro atoms. The predicted molar refractivity (Wildman–Crippen MR) is 65.0 cm³/mol. The molecule has 0 radical (unpaired) electrons. The van der Waals surface area contributed by atoms with E-state index in [1.807, 2.05) is 36.0 Å². The molecule has 0 atom stereocenters. The van der Waals surface area contributed by atoms with Gasteiger partial charge in [-0.1, -0.05) is 0 Å². The molecule has 1 aliphatic carbocycles. The summed E-state index contributed by atoms with van der Waals surface area (Å²) in [6.45, 7) is 2.01. The van der Waals surface area contributed by atoms with Gasteiger partial charge in [0.15, 0.2) is 0 Å². The summed E-state index contributed by atoms with van der Waals surface area (Å²) in [7, 11) is 0. The third-order valence-corrected chi connectivity index (χ3v) is 3.18. The van der Waals surface area contributed by atoms with Gasteiger partial charge in [0.25, 0.3) is 0 Å². The van der Waals surface area contributed by atoms with Crippen molar-refractivity contribution in [2.24, 2.45) is 0 Å². The van der Waals surface area contributed by atoms with Crippen molar-refractivity contribution in [2.75, 3.05) is 0 Å². The molecule has 0 saturated heterocycles. The van der Waals surface area contributed by atoms with Gasteiger partial charge in [0.2, 0.25) is 0 Å². The number of rotatable bonds is 2. The largest absolute Gasteiger partial charge is 0.240 e. The molecule has 0 bridgehead atoms. The first-order valence-corrected chi connectivity index (χ1v) is 5.84. The Labute approximate surface area is 100 Å². The number of hydrogen-bond acceptors (Lipinski definition) is 2. The van der Waals surface area contributed by atoms with Gasteiger partial charge >= 0.3 is 0 Å². The minimum atomic E-state index is 0.676. The predicted octanol–water partition coefficient (Wildman–Crippen LogP) is 2.93. The van der Waals surface area contributed by atoms with Crippen molar-refractivity contribution < 1.29 is 0 Å². The monoisotopic (exact) mass is 223 g/mol. The van der Waals surface area contributed by atoms with Crippen LogP contribution in [0.5, 0.6) is 0 Å². The van der Waals surface area contributed by atoms with Crippen LogP contribution < -0.4 is 0 Å². The van der Waals surface area contributed by atoms with Gasteiger partial charge in [-0.25, -0.2) is 4.68 Å². The summed E-state index contributed by atoms with van der Waals surface area (Å²) in [5.74, 6) is 0.676. The van der Waals surface area contributed by atoms with Gasteiger partial charge in [0, 0.05) is 12.1 Å². The van der Waals surface area contributed by atoms with Crippen LogP contribution in [-0.2, 0) is 0 Å². The van der Waals surface area contributed by atoms with E-state index in [9.17, 15) is 0 Å². The second-order valence-corrected chi connectivity index (χ2v) is 4.57. The molecule has 1 aromatic carbocycles. The lowest BCUT2D eigenvalue weighted by Gasteiger charge is -2.05. The van der Waals surface area contributed by atoms with Crippen LogP contribution in [0, 0.1) is 18.3 Å². The Bertz CT molecular complexity index is 600. The molecule has 3 rings (SSSR count). The summed E-state index contributed by atoms with van der Waals surface area (Å²) in [5, 5.41) is 13.4. The number of hydrogen-bond donors (Lipinski definition) is 0. The van der Waals surface area contributed by atoms with E-state index in [1.165, 1.54) is 18.5 Å². The van der Waals surface area contributed by atoms with Crippen LogP contribution in [0.1, 0.15) is 35.6 Å². The van der Waals surface area contributed by atoms with E-state index in [4.69, 9.17) is 5.26 Å². The first kappa shape index (κ1) is 10.1. The van der Waals surface area contributed by atoms with E-state index < -0.39 is 0 Å². The van der Waals surface area contributed by atoms with Crippen LogP contribution in [0.2, 0.25) is 0 Å². The van der Waals surface area contributed by atoms with Gasteiger partial charge in [-0.3, -0.25) is 0 Å². The second kappa shape index (κ2) is 3.74. The molecule has 1 aliphatic rings. The molecule has 0 unspecified atom stereocenters. The highest BCUT2D eigenvalue weighted by atomic mass is 15.3. The second-order valence-electron chi connectivity index (χ2n) is 4.57. The fourth-order valence-electron chi connectivity index (χ4n) is 2.05. The number of nitrogens with zero attached hydrogens (tertiary/aromatic N) is 3. The third kappa shape index (κ3) is 1.83. The van der Waals surface area contributed by atoms with Crippen molar-refractivity contribution in [3.05, 3.63) is 47.3 Å². The lowest BCUT2D eigenvalue weighted by atomic mass is 10.1. The Morgan fingerprint density at radius 2 is 2.18 bits per heavy atom. The number of aryl methyl sites for hydroxylation is 1. The van der Waals surface area contributed by atoms with E-state index in [2.05, 4.69) is 17.2 Å². The van der Waals surface area contributed by atoms with E-state index in [0.29, 0.717) is 11.5 Å². The zero-order chi connectivity index (χ0) is 11.8. The molecule has 1 fully saturated rings. The van der Waals surface area contributed by atoms with Gasteiger partial charge in [0.05, 0.1) is 23.0 Å². The van der Waals surface area contributed by atoms with Gasteiger partial charge < -0.3 is 0 Å². The molecule has 1 saturated carbocycles. The van der Waals surface area contributed by atoms with Crippen molar-refractivity contribution >= 4 is 0 Å². The molecule has 0 amide bonds. The van der Waals surface area contributed by atoms with Crippen molar-refractivity contribution in [2.45, 2.75) is 25.7 Å². The summed E-state index contributed by atoms with van der Waals surface area (Å²) in [6.07, 6.45) is 4.54. The number of aromatic nitrogens is 2. The van der Waals surface area contributed by atoms with Gasteiger partial charge in [-0.2, -0.15) is 10.4 Å². The van der Waals surface area contributed by atoms with Crippen LogP contribution in [0.25, 0.3) is 5.69 Å². The summed E-state index contributed by atoms with van der Waals surface area (Å²) in [5.41, 5.74) is 4.01. The Hall–Kier alpha value is -2.08. The Morgan fingerprint density at radius 3 is 2.82 bits per heavy atom. The van der Waals surface area contributed by atoms with Crippen molar-refractivity contribution in [1.29, 1.82) is 5.26 Å². The van der Waals surface area contributed by atoms with Gasteiger partial charge in [-0.15, -0.1) is 0 Å². The summed E-state index contributed by atoms with van der Waals surface area (Å²) in [6, 6.07) is 9.93. The molecule has 3 nitrogen and oxygen atoms in total. The van der Waals surface area contributed by atoms with Crippen molar-refractivity contribution in [3.8, 4) is 11.8 Å². The minimum Gasteiger partial charge on any atom is -0.240 e. The Kier molecular flexibility index (Phi) is 2.22. The van der Waals surface area contributed by atoms with Crippen molar-refractivity contribution in [3.63, 3.8) is 0 Å². The molecule has 84 valence electrons. The lowest BCUT2D eigenvalue weighted by Crippen LogP contribution is -1.98. The maximum atomic E-state index is 8.84. The standard InChI is InChI=1S/C14H13N3/c1-10-8-11(9-15)2-5-14(10)17-7-6-13(16-17)12-3-4-12/h2,5-8,12H,3-4H2,1H3. The lowest BCUT2D eigenvalue weighted by molar-refractivity contribution is 0.832. The molecular weight excluding hydrogens is 210 g/mol. The van der Waals surface area contributed by atoms with E-state index in [-0.39, 0.29) is 0 Å².